The Bertz CT molecular complexity index is 18.5. The minimum atomic E-state index is 1.81. The van der Waals surface area contributed by atoms with Crippen molar-refractivity contribution in [3.8, 4) is 0 Å². The maximum absolute atomic E-state index is 3.07. The van der Waals surface area contributed by atoms with Crippen LogP contribution >= 0.6 is 15.9 Å². The minimum Gasteiger partial charge on any atom is -0.0807 e. The van der Waals surface area contributed by atoms with Crippen LogP contribution in [-0.2, 0) is 0 Å². The van der Waals surface area contributed by atoms with E-state index in [1.165, 1.54) is 0 Å². The molecule has 0 nitrogen and oxygen atoms in total. The number of hydrogen-bond donors (Lipinski definition) is 0. The van der Waals surface area contributed by atoms with Crippen LogP contribution in [0.2, 0.25) is 0 Å². The molecule has 0 unspecified atom stereocenters. The van der Waals surface area contributed by atoms with E-state index in [0.717, 1.165) is 0 Å². The van der Waals surface area contributed by atoms with E-state index in [0.29, 0.717) is 0 Å². The smallest absolute Gasteiger partial charge is 0.0232 e. The largest absolute Gasteiger partial charge is 0.0807 e. The van der Waals surface area contributed by atoms with Gasteiger partial charge in [0, 0.05) is 0 Å². The minimum absolute atomic E-state index is 1.81. The van der Waals surface area contributed by atoms with Crippen LogP contribution in [0.5, 0.6) is 0 Å². The average Bonchev–Trinajstić information content (AvgIpc) is 1.37. The second-order valence-corrected chi connectivity index (χ2v) is 0.988. The summed E-state index contributed by atoms with van der Waals surface area (Å²) in [5, 5.41) is 0. The number of hydrogen-bond acceptors (Lipinski definition) is 0. The van der Waals surface area contributed by atoms with E-state index in [2.05, 4.69) is 15.9 Å². The lowest BCUT2D eigenvalue weighted by molar-refractivity contribution is 1.79. The van der Waals surface area contributed by atoms with Crippen molar-refractivity contribution in [2.75, 3.05) is 0 Å². The van der Waals surface area contributed by atoms with Crippen LogP contribution in [0.3, 0.4) is 0 Å². The Morgan fingerprint density at radius 1 is 1.75 bits per heavy atom. The van der Waals surface area contributed by atoms with Gasteiger partial charge in [0.15, 0.2) is 0 Å². The van der Waals surface area contributed by atoms with E-state index in [1.807, 2.05) is 18.0 Å². The molecule has 0 N–H and O–H groups in total. The summed E-state index contributed by atoms with van der Waals surface area (Å²) < 4.78 is 0. The third-order valence-electron chi connectivity index (χ3n) is 0.126. The second kappa shape index (κ2) is 3.22. The maximum atomic E-state index is 3.07. The molecule has 0 saturated carbocycles. The van der Waals surface area contributed by atoms with Crippen molar-refractivity contribution in [2.24, 2.45) is 0 Å². The van der Waals surface area contributed by atoms with Gasteiger partial charge in [0.25, 0.3) is 0 Å². The zero-order valence-electron chi connectivity index (χ0n) is 2.53. The first-order valence-corrected chi connectivity index (χ1v) is 2.04. The van der Waals surface area contributed by atoms with Gasteiger partial charge in [0.2, 0.25) is 0 Å². The lowest BCUT2D eigenvalue weighted by Gasteiger charge is -1.47. The van der Waals surface area contributed by atoms with Crippen LogP contribution < -0.4 is 0 Å². The van der Waals surface area contributed by atoms with Gasteiger partial charge < -0.3 is 0 Å². The standard InChI is InChI=1S/C3H5Br/c1-2-3-4/h2-3H,1H3. The molecule has 0 atom stereocenters. The molecule has 4 heavy (non-hydrogen) atoms. The highest BCUT2D eigenvalue weighted by Crippen LogP contribution is 1.76. The van der Waals surface area contributed by atoms with Gasteiger partial charge in [-0.15, -0.1) is 0 Å². The molecule has 0 bridgehead atoms. The number of allylic oxidation sites excluding steroid dienone is 1. The van der Waals surface area contributed by atoms with E-state index in [-0.39, 0.29) is 0 Å². The van der Waals surface area contributed by atoms with Crippen molar-refractivity contribution in [1.82, 2.24) is 0 Å². The first-order chi connectivity index (χ1) is 1.91. The third-order valence-corrected chi connectivity index (χ3v) is 0.655. The molecule has 0 radical (unpaired) electrons. The maximum Gasteiger partial charge on any atom is -0.0232 e. The highest BCUT2D eigenvalue weighted by atomic mass is 79.9. The Kier molecular flexibility index (Phi) is 3.40. The first kappa shape index (κ1) is 4.22. The third kappa shape index (κ3) is 2.22. The van der Waals surface area contributed by atoms with Gasteiger partial charge in [-0.25, -0.2) is 0 Å². The van der Waals surface area contributed by atoms with E-state index < -0.39 is 0 Å². The Morgan fingerprint density at radius 3 is 2.00 bits per heavy atom. The van der Waals surface area contributed by atoms with Crippen molar-refractivity contribution in [3.63, 3.8) is 0 Å². The molecule has 0 rings (SSSR count). The Hall–Kier alpha value is 0.220. The second-order valence-electron chi connectivity index (χ2n) is 0.459. The van der Waals surface area contributed by atoms with Crippen LogP contribution in [0.15, 0.2) is 11.1 Å². The van der Waals surface area contributed by atoms with E-state index >= 15 is 0 Å². The molecule has 24 valence electrons. The average molecular weight is 121 g/mol. The predicted molar refractivity (Wildman–Crippen MR) is 23.7 cm³/mol. The zero-order chi connectivity index (χ0) is 3.41. The molecule has 0 aliphatic heterocycles. The Balaban J connectivity index is 2.55. The first-order valence-electron chi connectivity index (χ1n) is 1.13. The van der Waals surface area contributed by atoms with Crippen LogP contribution in [0.1, 0.15) is 6.92 Å². The quantitative estimate of drug-likeness (QED) is 0.459. The lowest BCUT2D eigenvalue weighted by atomic mass is 10.8. The summed E-state index contributed by atoms with van der Waals surface area (Å²) in [6.45, 7) is 1.95. The summed E-state index contributed by atoms with van der Waals surface area (Å²) in [5.74, 6) is 0. The summed E-state index contributed by atoms with van der Waals surface area (Å²) in [5.41, 5.74) is 0. The summed E-state index contributed by atoms with van der Waals surface area (Å²) in [4.78, 5) is 1.81. The van der Waals surface area contributed by atoms with Gasteiger partial charge in [-0.05, 0) is 11.9 Å². The molecule has 0 saturated heterocycles. The van der Waals surface area contributed by atoms with Gasteiger partial charge in [0.1, 0.15) is 0 Å². The molecule has 0 aromatic heterocycles. The van der Waals surface area contributed by atoms with Crippen LogP contribution in [-0.4, -0.2) is 0 Å². The Morgan fingerprint density at radius 2 is 2.00 bits per heavy atom. The topological polar surface area (TPSA) is 0 Å². The molecule has 0 fully saturated rings. The number of halogens is 1. The summed E-state index contributed by atoms with van der Waals surface area (Å²) in [7, 11) is 0. The highest BCUT2D eigenvalue weighted by Gasteiger charge is 1.36. The molecule has 0 aromatic carbocycles. The summed E-state index contributed by atoms with van der Waals surface area (Å²) in [6, 6.07) is 0. The van der Waals surface area contributed by atoms with Gasteiger partial charge in [-0.2, -0.15) is 0 Å². The molecule has 0 aliphatic rings. The predicted octanol–water partition coefficient (Wildman–Crippen LogP) is 1.91. The fraction of sp³-hybridized carbons (Fsp3) is 0.333. The van der Waals surface area contributed by atoms with Crippen LogP contribution in [0, 0.1) is 0 Å². The van der Waals surface area contributed by atoms with Crippen LogP contribution in [0.4, 0.5) is 0 Å². The van der Waals surface area contributed by atoms with Crippen molar-refractivity contribution in [1.29, 1.82) is 0 Å². The Labute approximate surface area is 34.6 Å². The van der Waals surface area contributed by atoms with Crippen molar-refractivity contribution >= 4 is 15.9 Å². The van der Waals surface area contributed by atoms with E-state index in [4.69, 9.17) is 0 Å². The monoisotopic (exact) mass is 120 g/mol. The molecule has 0 amide bonds. The molecule has 0 aliphatic carbocycles. The summed E-state index contributed by atoms with van der Waals surface area (Å²) >= 11 is 3.07. The SMILES string of the molecule is CC=CBr. The van der Waals surface area contributed by atoms with Gasteiger partial charge in [-0.1, -0.05) is 22.0 Å². The normalized spacial score (nSPS) is 9.50. The van der Waals surface area contributed by atoms with Gasteiger partial charge in [-0.3, -0.25) is 0 Å². The van der Waals surface area contributed by atoms with Gasteiger partial charge >= 0.3 is 0 Å². The fourth-order valence-corrected chi connectivity index (χ4v) is 0. The molecule has 0 spiro atoms. The molecule has 0 heterocycles. The molecular formula is C3H5Br. The van der Waals surface area contributed by atoms with Gasteiger partial charge in [0.05, 0.1) is 0 Å². The molecular weight excluding hydrogens is 116 g/mol. The lowest BCUT2D eigenvalue weighted by Crippen LogP contribution is -1.19. The summed E-state index contributed by atoms with van der Waals surface area (Å²) in [6.07, 6.45) is 1.92. The molecule has 1 heteroatoms. The zero-order valence-corrected chi connectivity index (χ0v) is 4.12. The van der Waals surface area contributed by atoms with E-state index in [9.17, 15) is 0 Å². The van der Waals surface area contributed by atoms with Crippen molar-refractivity contribution < 1.29 is 0 Å². The number of rotatable bonds is 0. The van der Waals surface area contributed by atoms with Crippen molar-refractivity contribution in [3.05, 3.63) is 11.1 Å². The highest BCUT2D eigenvalue weighted by molar-refractivity contribution is 9.11. The van der Waals surface area contributed by atoms with Crippen LogP contribution in [0.25, 0.3) is 0 Å². The molecule has 0 aromatic rings. The van der Waals surface area contributed by atoms with E-state index in [1.54, 1.807) is 0 Å². The fourth-order valence-electron chi connectivity index (χ4n) is 0. The van der Waals surface area contributed by atoms with Crippen molar-refractivity contribution in [2.45, 2.75) is 6.92 Å².